The number of carbonyl (C=O) groups excluding carboxylic acids is 3. The molecule has 3 aromatic rings. The van der Waals surface area contributed by atoms with Gasteiger partial charge in [0.1, 0.15) is 42.7 Å². The highest BCUT2D eigenvalue weighted by atomic mass is 32.2. The van der Waals surface area contributed by atoms with Crippen LogP contribution in [0.1, 0.15) is 12.6 Å². The summed E-state index contributed by atoms with van der Waals surface area (Å²) in [6.45, 7) is 2.21. The van der Waals surface area contributed by atoms with Crippen LogP contribution in [0.2, 0.25) is 0 Å². The molecule has 1 fully saturated rings. The number of pyridine rings is 1. The summed E-state index contributed by atoms with van der Waals surface area (Å²) in [5, 5.41) is 19.8. The smallest absolute Gasteiger partial charge is 0.286 e. The molecule has 2 aliphatic rings. The Morgan fingerprint density at radius 3 is 2.94 bits per heavy atom. The lowest BCUT2D eigenvalue weighted by molar-refractivity contribution is -0.510. The van der Waals surface area contributed by atoms with Crippen LogP contribution in [0.15, 0.2) is 58.6 Å². The number of fused-ring (bicyclic) bond motifs is 2. The molecule has 0 spiro atoms. The number of β-lactam (4-membered cyclic amide) rings is 1. The van der Waals surface area contributed by atoms with Crippen LogP contribution in [0.3, 0.4) is 0 Å². The molecule has 12 nitrogen and oxygen atoms in total. The van der Waals surface area contributed by atoms with Crippen LogP contribution in [0, 0.1) is 0 Å². The summed E-state index contributed by atoms with van der Waals surface area (Å²) in [5.41, 5.74) is 7.04. The second-order valence-corrected chi connectivity index (χ2v) is 9.92. The van der Waals surface area contributed by atoms with Gasteiger partial charge >= 0.3 is 0 Å². The maximum atomic E-state index is 13.0. The van der Waals surface area contributed by atoms with Crippen LogP contribution in [-0.2, 0) is 25.8 Å². The molecule has 36 heavy (non-hydrogen) atoms. The molecule has 0 radical (unpaired) electrons. The Hall–Kier alpha value is -3.91. The van der Waals surface area contributed by atoms with E-state index < -0.39 is 29.2 Å². The molecule has 2 aliphatic heterocycles. The molecule has 5 rings (SSSR count). The van der Waals surface area contributed by atoms with E-state index in [0.717, 1.165) is 17.0 Å². The van der Waals surface area contributed by atoms with Crippen molar-refractivity contribution in [1.82, 2.24) is 19.8 Å². The Morgan fingerprint density at radius 2 is 2.22 bits per heavy atom. The number of rotatable bonds is 8. The Kier molecular flexibility index (Phi) is 6.36. The number of hydrogen-bond donors (Lipinski definition) is 2. The number of thioether (sulfide) groups is 1. The predicted octanol–water partition coefficient (Wildman–Crippen LogP) is -0.890. The first-order valence-electron chi connectivity index (χ1n) is 10.9. The van der Waals surface area contributed by atoms with Gasteiger partial charge in [0.2, 0.25) is 0 Å². The molecule has 3 aromatic heterocycles. The van der Waals surface area contributed by atoms with Crippen molar-refractivity contribution < 1.29 is 28.7 Å². The third-order valence-electron chi connectivity index (χ3n) is 5.72. The highest BCUT2D eigenvalue weighted by Gasteiger charge is 2.53. The first-order chi connectivity index (χ1) is 17.4. The number of aliphatic carboxylic acids is 1. The van der Waals surface area contributed by atoms with Crippen molar-refractivity contribution >= 4 is 57.4 Å². The minimum atomic E-state index is -1.44. The van der Waals surface area contributed by atoms with Crippen molar-refractivity contribution in [3.63, 3.8) is 0 Å². The van der Waals surface area contributed by atoms with E-state index in [9.17, 15) is 19.5 Å². The van der Waals surface area contributed by atoms with Crippen LogP contribution in [-0.4, -0.2) is 61.7 Å². The second kappa shape index (κ2) is 9.62. The van der Waals surface area contributed by atoms with Gasteiger partial charge in [-0.3, -0.25) is 14.5 Å². The van der Waals surface area contributed by atoms with Crippen molar-refractivity contribution in [2.75, 3.05) is 18.1 Å². The lowest BCUT2D eigenvalue weighted by atomic mass is 10.0. The Morgan fingerprint density at radius 1 is 1.39 bits per heavy atom. The number of amides is 2. The molecule has 5 heterocycles. The summed E-state index contributed by atoms with van der Waals surface area (Å²) in [7, 11) is 0. The van der Waals surface area contributed by atoms with Gasteiger partial charge in [0.25, 0.3) is 17.5 Å². The van der Waals surface area contributed by atoms with Crippen molar-refractivity contribution in [1.29, 1.82) is 0 Å². The number of carbonyl (C=O) groups is 3. The quantitative estimate of drug-likeness (QED) is 0.165. The number of thiazole rings is 1. The number of oxime groups is 1. The Bertz CT molecular complexity index is 1430. The largest absolute Gasteiger partial charge is 0.543 e. The van der Waals surface area contributed by atoms with Crippen LogP contribution in [0.25, 0.3) is 5.65 Å². The lowest BCUT2D eigenvalue weighted by Crippen LogP contribution is -2.71. The molecule has 0 unspecified atom stereocenters. The molecule has 0 bridgehead atoms. The van der Waals surface area contributed by atoms with Gasteiger partial charge in [0.15, 0.2) is 10.8 Å². The number of nitrogens with two attached hydrogens (primary N) is 1. The molecule has 3 N–H and O–H groups in total. The monoisotopic (exact) mass is 527 g/mol. The van der Waals surface area contributed by atoms with Crippen molar-refractivity contribution in [2.24, 2.45) is 5.16 Å². The van der Waals surface area contributed by atoms with Crippen molar-refractivity contribution in [3.05, 3.63) is 59.1 Å². The number of hydrogen-bond acceptors (Lipinski definition) is 10. The number of nitrogens with one attached hydrogen (secondary N) is 1. The van der Waals surface area contributed by atoms with Crippen LogP contribution < -0.4 is 20.6 Å². The van der Waals surface area contributed by atoms with Gasteiger partial charge in [-0.05, 0) is 13.0 Å². The first kappa shape index (κ1) is 23.8. The van der Waals surface area contributed by atoms with Gasteiger partial charge in [-0.2, -0.15) is 0 Å². The molecule has 186 valence electrons. The van der Waals surface area contributed by atoms with E-state index in [1.807, 2.05) is 45.8 Å². The van der Waals surface area contributed by atoms with Crippen molar-refractivity contribution in [3.8, 4) is 0 Å². The van der Waals surface area contributed by atoms with Gasteiger partial charge in [-0.15, -0.1) is 23.1 Å². The van der Waals surface area contributed by atoms with E-state index in [0.29, 0.717) is 11.3 Å². The van der Waals surface area contributed by atoms with Crippen molar-refractivity contribution in [2.45, 2.75) is 24.9 Å². The molecule has 14 heteroatoms. The minimum Gasteiger partial charge on any atom is -0.543 e. The standard InChI is InChI=1S/C22H21N7O5S2/c1-2-34-26-15(13-11-36-22(23)24-13)18(30)25-16-19(31)29-17(21(32)33)12(10-35-20(16)29)9-28-8-7-27-6-4-3-5-14(27)28/h3-8,11,16,20H,2,9-10H2,1H3,(H3-,23,24,25,30,32,33)/b26-15+/t16-,20-/m1/s1. The first-order valence-corrected chi connectivity index (χ1v) is 12.9. The molecule has 0 saturated carbocycles. The number of aromatic nitrogens is 3. The number of carboxylic acids is 1. The summed E-state index contributed by atoms with van der Waals surface area (Å²) < 4.78 is 3.81. The minimum absolute atomic E-state index is 0.120. The zero-order valence-electron chi connectivity index (χ0n) is 19.0. The molecule has 2 atom stereocenters. The van der Waals surface area contributed by atoms with Gasteiger partial charge in [0, 0.05) is 22.8 Å². The topological polar surface area (TPSA) is 159 Å². The van der Waals surface area contributed by atoms with E-state index >= 15 is 0 Å². The molecule has 0 aliphatic carbocycles. The summed E-state index contributed by atoms with van der Waals surface area (Å²) in [6.07, 6.45) is 5.60. The maximum Gasteiger partial charge on any atom is 0.286 e. The molecular formula is C22H21N7O5S2. The highest BCUT2D eigenvalue weighted by molar-refractivity contribution is 8.00. The van der Waals surface area contributed by atoms with E-state index in [1.165, 1.54) is 16.7 Å². The van der Waals surface area contributed by atoms with E-state index in [-0.39, 0.29) is 35.4 Å². The van der Waals surface area contributed by atoms with Gasteiger partial charge in [-0.1, -0.05) is 11.2 Å². The lowest BCUT2D eigenvalue weighted by Gasteiger charge is -2.50. The predicted molar refractivity (Wildman–Crippen MR) is 129 cm³/mol. The molecule has 2 amide bonds. The number of anilines is 1. The van der Waals surface area contributed by atoms with Crippen LogP contribution >= 0.6 is 23.1 Å². The fraction of sp³-hybridized carbons (Fsp3) is 0.273. The summed E-state index contributed by atoms with van der Waals surface area (Å²) in [4.78, 5) is 48.4. The normalized spacial score (nSPS) is 19.8. The summed E-state index contributed by atoms with van der Waals surface area (Å²) in [5.74, 6) is -2.30. The highest BCUT2D eigenvalue weighted by Crippen LogP contribution is 2.40. The Labute approximate surface area is 213 Å². The molecule has 1 saturated heterocycles. The zero-order chi connectivity index (χ0) is 25.4. The van der Waals surface area contributed by atoms with Gasteiger partial charge < -0.3 is 25.8 Å². The maximum absolute atomic E-state index is 13.0. The molecule has 0 aromatic carbocycles. The van der Waals surface area contributed by atoms with Crippen LogP contribution in [0.5, 0.6) is 0 Å². The number of nitrogens with zero attached hydrogens (tertiary/aromatic N) is 5. The average Bonchev–Trinajstić information content (AvgIpc) is 3.48. The SMILES string of the molecule is CCO/N=C(/C(=O)N[C@@H]1C(=O)N2C(C(=O)[O-])=C(Cn3cc[n+]4ccccc34)CS[C@H]12)c1csc(N)n1. The fourth-order valence-electron chi connectivity index (χ4n) is 4.12. The van der Waals surface area contributed by atoms with E-state index in [2.05, 4.69) is 15.5 Å². The van der Waals surface area contributed by atoms with E-state index in [1.54, 1.807) is 12.3 Å². The zero-order valence-corrected chi connectivity index (χ0v) is 20.6. The number of carboxylic acid groups (broad SMARTS) is 1. The number of imidazole rings is 1. The third kappa shape index (κ3) is 4.18. The van der Waals surface area contributed by atoms with E-state index in [4.69, 9.17) is 10.6 Å². The summed E-state index contributed by atoms with van der Waals surface area (Å²) in [6, 6.07) is 4.76. The Balaban J connectivity index is 1.37. The van der Waals surface area contributed by atoms with Crippen LogP contribution in [0.4, 0.5) is 5.13 Å². The molecular weight excluding hydrogens is 506 g/mol. The van der Waals surface area contributed by atoms with Gasteiger partial charge in [-0.25, -0.2) is 14.0 Å². The second-order valence-electron chi connectivity index (χ2n) is 7.92. The summed E-state index contributed by atoms with van der Waals surface area (Å²) >= 11 is 2.51. The number of nitrogen functional groups attached to an aromatic ring is 1. The van der Waals surface area contributed by atoms with Gasteiger partial charge in [0.05, 0.1) is 17.9 Å². The third-order valence-corrected chi connectivity index (χ3v) is 7.74. The fourth-order valence-corrected chi connectivity index (χ4v) is 6.00. The average molecular weight is 528 g/mol.